The monoisotopic (exact) mass is 605 g/mol. The van der Waals surface area contributed by atoms with Gasteiger partial charge in [-0.05, 0) is 25.5 Å². The van der Waals surface area contributed by atoms with E-state index in [0.717, 1.165) is 6.20 Å². The molecule has 2 atom stereocenters. The molecule has 0 saturated carbocycles. The third-order valence-corrected chi connectivity index (χ3v) is 7.02. The van der Waals surface area contributed by atoms with Crippen LogP contribution < -0.4 is 21.1 Å². The van der Waals surface area contributed by atoms with E-state index in [-0.39, 0.29) is 63.2 Å². The smallest absolute Gasteiger partial charge is 0.425 e. The molecule has 1 saturated heterocycles. The van der Waals surface area contributed by atoms with E-state index in [2.05, 4.69) is 25.7 Å². The summed E-state index contributed by atoms with van der Waals surface area (Å²) in [5, 5.41) is 10.7. The zero-order valence-electron chi connectivity index (χ0n) is 21.8. The van der Waals surface area contributed by atoms with Crippen molar-refractivity contribution in [2.45, 2.75) is 31.6 Å². The number of carbonyl (C=O) groups is 3. The molecule has 0 bridgehead atoms. The molecule has 42 heavy (non-hydrogen) atoms. The molecule has 0 spiro atoms. The topological polar surface area (TPSA) is 173 Å². The maximum atomic E-state index is 13.4. The summed E-state index contributed by atoms with van der Waals surface area (Å²) in [6.45, 7) is 2.52. The van der Waals surface area contributed by atoms with E-state index in [0.29, 0.717) is 19.5 Å². The fourth-order valence-electron chi connectivity index (χ4n) is 4.62. The van der Waals surface area contributed by atoms with E-state index in [1.54, 1.807) is 4.90 Å². The number of ether oxygens (including phenoxy) is 1. The van der Waals surface area contributed by atoms with E-state index in [4.69, 9.17) is 22.1 Å². The lowest BCUT2D eigenvalue weighted by Gasteiger charge is -2.22. The highest BCUT2D eigenvalue weighted by atomic mass is 35.5. The summed E-state index contributed by atoms with van der Waals surface area (Å²) in [6.07, 6.45) is 0.987. The highest BCUT2D eigenvalue weighted by Crippen LogP contribution is 2.39. The van der Waals surface area contributed by atoms with Gasteiger partial charge in [-0.25, -0.2) is 9.97 Å². The van der Waals surface area contributed by atoms with Crippen LogP contribution in [0.25, 0.3) is 16.9 Å². The molecule has 0 unspecified atom stereocenters. The maximum absolute atomic E-state index is 13.4. The largest absolute Gasteiger partial charge is 0.433 e. The van der Waals surface area contributed by atoms with Gasteiger partial charge in [0.2, 0.25) is 5.91 Å². The number of anilines is 2. The molecule has 0 radical (unpaired) electrons. The molecule has 1 aliphatic heterocycles. The molecule has 1 aliphatic rings. The number of H-pyrrole nitrogens is 1. The SMILES string of the molecule is C[C@@H](NC(=O)c1ccc(Nc2nccn3c(-c4cn[nH]c4C(F)(F)F)cnc23)c(OC=O)c1Cl)C(=O)N1CC[C@H](N)C1. The van der Waals surface area contributed by atoms with Crippen LogP contribution in [0.2, 0.25) is 5.02 Å². The van der Waals surface area contributed by atoms with Gasteiger partial charge >= 0.3 is 6.18 Å². The molecule has 4 heterocycles. The molecular formula is C25H23ClF3N9O4. The second kappa shape index (κ2) is 11.3. The fourth-order valence-corrected chi connectivity index (χ4v) is 4.92. The van der Waals surface area contributed by atoms with Crippen molar-refractivity contribution in [3.05, 3.63) is 53.2 Å². The van der Waals surface area contributed by atoms with Gasteiger partial charge in [0.05, 0.1) is 39.9 Å². The lowest BCUT2D eigenvalue weighted by molar-refractivity contribution is -0.140. The zero-order valence-corrected chi connectivity index (χ0v) is 22.5. The number of nitrogens with zero attached hydrogens (tertiary/aromatic N) is 5. The van der Waals surface area contributed by atoms with Crippen LogP contribution in [0.15, 0.2) is 36.9 Å². The molecule has 5 rings (SSSR count). The number of amides is 2. The second-order valence-corrected chi connectivity index (χ2v) is 9.82. The van der Waals surface area contributed by atoms with Gasteiger partial charge < -0.3 is 26.0 Å². The predicted octanol–water partition coefficient (Wildman–Crippen LogP) is 2.75. The van der Waals surface area contributed by atoms with E-state index in [1.165, 1.54) is 42.0 Å². The molecule has 1 aromatic carbocycles. The number of nitrogens with one attached hydrogen (secondary N) is 3. The Labute approximate surface area is 240 Å². The van der Waals surface area contributed by atoms with Crippen LogP contribution in [0.1, 0.15) is 29.4 Å². The second-order valence-electron chi connectivity index (χ2n) is 9.44. The first-order chi connectivity index (χ1) is 20.0. The Bertz CT molecular complexity index is 1670. The minimum Gasteiger partial charge on any atom is -0.425 e. The first-order valence-corrected chi connectivity index (χ1v) is 12.9. The van der Waals surface area contributed by atoms with Gasteiger partial charge in [0.15, 0.2) is 17.2 Å². The Morgan fingerprint density at radius 3 is 2.76 bits per heavy atom. The van der Waals surface area contributed by atoms with Crippen LogP contribution in [0.4, 0.5) is 24.7 Å². The summed E-state index contributed by atoms with van der Waals surface area (Å²) in [5.74, 6) is -1.14. The highest BCUT2D eigenvalue weighted by molar-refractivity contribution is 6.36. The third kappa shape index (κ3) is 5.45. The molecule has 5 N–H and O–H groups in total. The highest BCUT2D eigenvalue weighted by Gasteiger charge is 2.37. The molecule has 17 heteroatoms. The Morgan fingerprint density at radius 1 is 1.29 bits per heavy atom. The summed E-state index contributed by atoms with van der Waals surface area (Å²) in [6, 6.07) is 1.74. The fraction of sp³-hybridized carbons (Fsp3) is 0.280. The van der Waals surface area contributed by atoms with Crippen LogP contribution >= 0.6 is 11.6 Å². The van der Waals surface area contributed by atoms with Crippen molar-refractivity contribution in [2.75, 3.05) is 18.4 Å². The van der Waals surface area contributed by atoms with Crippen LogP contribution in [0.5, 0.6) is 5.75 Å². The maximum Gasteiger partial charge on any atom is 0.433 e. The van der Waals surface area contributed by atoms with Gasteiger partial charge in [-0.15, -0.1) is 0 Å². The van der Waals surface area contributed by atoms with Crippen molar-refractivity contribution in [3.8, 4) is 17.0 Å². The number of benzene rings is 1. The van der Waals surface area contributed by atoms with Crippen LogP contribution in [0.3, 0.4) is 0 Å². The summed E-state index contributed by atoms with van der Waals surface area (Å²) in [4.78, 5) is 47.0. The lowest BCUT2D eigenvalue weighted by Crippen LogP contribution is -2.46. The Hall–Kier alpha value is -4.70. The number of carbonyl (C=O) groups excluding carboxylic acids is 3. The van der Waals surface area contributed by atoms with Crippen molar-refractivity contribution in [1.29, 1.82) is 0 Å². The number of hydrogen-bond acceptors (Lipinski definition) is 9. The summed E-state index contributed by atoms with van der Waals surface area (Å²) in [5.41, 5.74) is 4.84. The van der Waals surface area contributed by atoms with Gasteiger partial charge in [-0.2, -0.15) is 18.3 Å². The average molecular weight is 606 g/mol. The Kier molecular flexibility index (Phi) is 7.74. The van der Waals surface area contributed by atoms with Crippen molar-refractivity contribution < 1.29 is 32.3 Å². The number of hydrogen-bond donors (Lipinski definition) is 4. The van der Waals surface area contributed by atoms with Crippen LogP contribution in [-0.4, -0.2) is 72.9 Å². The van der Waals surface area contributed by atoms with Gasteiger partial charge in [-0.3, -0.25) is 23.9 Å². The van der Waals surface area contributed by atoms with Crippen molar-refractivity contribution in [1.82, 2.24) is 34.8 Å². The zero-order chi connectivity index (χ0) is 30.2. The first kappa shape index (κ1) is 28.8. The summed E-state index contributed by atoms with van der Waals surface area (Å²) in [7, 11) is 0. The number of aromatic nitrogens is 5. The quantitative estimate of drug-likeness (QED) is 0.220. The minimum absolute atomic E-state index is 0.0767. The Balaban J connectivity index is 1.42. The average Bonchev–Trinajstić information content (AvgIpc) is 3.69. The van der Waals surface area contributed by atoms with Gasteiger partial charge in [-0.1, -0.05) is 11.6 Å². The number of likely N-dealkylation sites (tertiary alicyclic amines) is 1. The van der Waals surface area contributed by atoms with Gasteiger partial charge in [0, 0.05) is 31.5 Å². The van der Waals surface area contributed by atoms with E-state index < -0.39 is 23.8 Å². The molecule has 13 nitrogen and oxygen atoms in total. The van der Waals surface area contributed by atoms with Crippen molar-refractivity contribution >= 4 is 47.0 Å². The molecular weight excluding hydrogens is 583 g/mol. The first-order valence-electron chi connectivity index (χ1n) is 12.5. The van der Waals surface area contributed by atoms with Crippen LogP contribution in [0, 0.1) is 0 Å². The van der Waals surface area contributed by atoms with Crippen molar-refractivity contribution in [2.24, 2.45) is 5.73 Å². The normalized spacial score (nSPS) is 16.0. The van der Waals surface area contributed by atoms with Crippen LogP contribution in [-0.2, 0) is 15.8 Å². The third-order valence-electron chi connectivity index (χ3n) is 6.64. The molecule has 3 aromatic heterocycles. The number of halogens is 4. The Morgan fingerprint density at radius 2 is 2.07 bits per heavy atom. The lowest BCUT2D eigenvalue weighted by atomic mass is 10.1. The number of nitrogens with two attached hydrogens (primary N) is 1. The molecule has 0 aliphatic carbocycles. The summed E-state index contributed by atoms with van der Waals surface area (Å²) >= 11 is 6.46. The van der Waals surface area contributed by atoms with Gasteiger partial charge in [0.1, 0.15) is 11.7 Å². The van der Waals surface area contributed by atoms with Gasteiger partial charge in [0.25, 0.3) is 12.4 Å². The number of imidazole rings is 1. The molecule has 1 fully saturated rings. The molecule has 4 aromatic rings. The minimum atomic E-state index is -4.68. The van der Waals surface area contributed by atoms with Crippen molar-refractivity contribution in [3.63, 3.8) is 0 Å². The van der Waals surface area contributed by atoms with E-state index >= 15 is 0 Å². The van der Waals surface area contributed by atoms with E-state index in [9.17, 15) is 27.6 Å². The molecule has 2 amide bonds. The number of rotatable bonds is 8. The predicted molar refractivity (Wildman–Crippen MR) is 143 cm³/mol. The molecule has 220 valence electrons. The number of alkyl halides is 3. The standard InChI is InChI=1S/C25H23ClF3N9O4/c1-12(24(41)37-6-4-13(30)10-37)34-23(40)14-2-3-16(19(18(14)26)42-11-39)35-21-22-32-9-17(38(22)7-5-31-21)15-8-33-36-20(15)25(27,28)29/h2-3,5,7-9,11-13H,4,6,10,30H2,1H3,(H,31,35)(H,33,36)(H,34,40)/t12-,13+/m1/s1. The number of aromatic amines is 1. The van der Waals surface area contributed by atoms with E-state index in [1.807, 2.05) is 5.10 Å². The summed E-state index contributed by atoms with van der Waals surface area (Å²) < 4.78 is 46.8. The number of fused-ring (bicyclic) bond motifs is 1.